The van der Waals surface area contributed by atoms with Crippen LogP contribution in [0.15, 0.2) is 0 Å². The molecule has 0 bridgehead atoms. The Morgan fingerprint density at radius 1 is 1.47 bits per heavy atom. The molecule has 1 rings (SSSR count). The molecular formula is C13H26N2O2. The average molecular weight is 242 g/mol. The lowest BCUT2D eigenvalue weighted by atomic mass is 9.88. The van der Waals surface area contributed by atoms with Gasteiger partial charge in [0.2, 0.25) is 0 Å². The number of nitrogens with zero attached hydrogens (tertiary/aromatic N) is 1. The van der Waals surface area contributed by atoms with Gasteiger partial charge in [0.1, 0.15) is 5.60 Å². The number of carbonyl (C=O) groups is 1. The topological polar surface area (TPSA) is 55.6 Å². The van der Waals surface area contributed by atoms with Crippen molar-refractivity contribution in [2.75, 3.05) is 13.1 Å². The molecule has 1 heterocycles. The summed E-state index contributed by atoms with van der Waals surface area (Å²) in [6, 6.07) is 0.239. The van der Waals surface area contributed by atoms with Crippen molar-refractivity contribution in [1.29, 1.82) is 0 Å². The Morgan fingerprint density at radius 2 is 2.12 bits per heavy atom. The van der Waals surface area contributed by atoms with Gasteiger partial charge >= 0.3 is 6.09 Å². The van der Waals surface area contributed by atoms with Crippen LogP contribution in [0, 0.1) is 5.92 Å². The number of ether oxygens (including phenoxy) is 1. The van der Waals surface area contributed by atoms with E-state index in [1.54, 1.807) is 0 Å². The van der Waals surface area contributed by atoms with Gasteiger partial charge in [-0.3, -0.25) is 0 Å². The predicted octanol–water partition coefficient (Wildman–Crippen LogP) is 2.37. The molecule has 1 aliphatic heterocycles. The van der Waals surface area contributed by atoms with Crippen molar-refractivity contribution in [1.82, 2.24) is 4.90 Å². The fourth-order valence-electron chi connectivity index (χ4n) is 2.51. The Balaban J connectivity index is 2.70. The molecule has 0 radical (unpaired) electrons. The van der Waals surface area contributed by atoms with Gasteiger partial charge in [-0.2, -0.15) is 0 Å². The highest BCUT2D eigenvalue weighted by Crippen LogP contribution is 2.26. The van der Waals surface area contributed by atoms with Crippen LogP contribution in [0.2, 0.25) is 0 Å². The summed E-state index contributed by atoms with van der Waals surface area (Å²) < 4.78 is 5.45. The van der Waals surface area contributed by atoms with Crippen LogP contribution < -0.4 is 5.73 Å². The molecule has 0 aromatic heterocycles. The molecule has 0 saturated carbocycles. The SMILES string of the molecule is CC[C@@H]1[C@@H](CN)CCCN1C(=O)OC(C)(C)C. The van der Waals surface area contributed by atoms with E-state index in [2.05, 4.69) is 6.92 Å². The molecule has 1 saturated heterocycles. The molecule has 2 N–H and O–H groups in total. The minimum Gasteiger partial charge on any atom is -0.444 e. The molecule has 1 amide bonds. The van der Waals surface area contributed by atoms with Crippen molar-refractivity contribution in [3.8, 4) is 0 Å². The standard InChI is InChI=1S/C13H26N2O2/c1-5-11-10(9-14)7-6-8-15(11)12(16)17-13(2,3)4/h10-11H,5-9,14H2,1-4H3/t10-,11-/m1/s1. The van der Waals surface area contributed by atoms with Crippen molar-refractivity contribution < 1.29 is 9.53 Å². The Kier molecular flexibility index (Phi) is 4.80. The van der Waals surface area contributed by atoms with E-state index in [0.717, 1.165) is 25.8 Å². The Bertz CT molecular complexity index is 261. The summed E-state index contributed by atoms with van der Waals surface area (Å²) in [5, 5.41) is 0. The van der Waals surface area contributed by atoms with Gasteiger partial charge < -0.3 is 15.4 Å². The summed E-state index contributed by atoms with van der Waals surface area (Å²) in [5.41, 5.74) is 5.35. The summed E-state index contributed by atoms with van der Waals surface area (Å²) in [6.07, 6.45) is 2.90. The molecule has 1 aliphatic rings. The normalized spacial score (nSPS) is 25.8. The van der Waals surface area contributed by atoms with Gasteiger partial charge in [0, 0.05) is 12.6 Å². The third-order valence-corrected chi connectivity index (χ3v) is 3.27. The van der Waals surface area contributed by atoms with Crippen molar-refractivity contribution in [2.24, 2.45) is 11.7 Å². The van der Waals surface area contributed by atoms with E-state index in [1.807, 2.05) is 25.7 Å². The summed E-state index contributed by atoms with van der Waals surface area (Å²) in [4.78, 5) is 14.0. The number of amides is 1. The lowest BCUT2D eigenvalue weighted by Crippen LogP contribution is -2.51. The van der Waals surface area contributed by atoms with Gasteiger partial charge in [0.05, 0.1) is 0 Å². The average Bonchev–Trinajstić information content (AvgIpc) is 2.25. The van der Waals surface area contributed by atoms with Gasteiger partial charge in [0.15, 0.2) is 0 Å². The first kappa shape index (κ1) is 14.3. The van der Waals surface area contributed by atoms with Crippen LogP contribution in [-0.4, -0.2) is 35.7 Å². The Hall–Kier alpha value is -0.770. The maximum atomic E-state index is 12.1. The van der Waals surface area contributed by atoms with E-state index in [4.69, 9.17) is 10.5 Å². The molecular weight excluding hydrogens is 216 g/mol. The van der Waals surface area contributed by atoms with Gasteiger partial charge in [-0.05, 0) is 52.5 Å². The highest BCUT2D eigenvalue weighted by molar-refractivity contribution is 5.68. The quantitative estimate of drug-likeness (QED) is 0.808. The number of hydrogen-bond donors (Lipinski definition) is 1. The maximum absolute atomic E-state index is 12.1. The lowest BCUT2D eigenvalue weighted by molar-refractivity contribution is 0.000233. The van der Waals surface area contributed by atoms with Crippen LogP contribution in [0.4, 0.5) is 4.79 Å². The van der Waals surface area contributed by atoms with E-state index in [-0.39, 0.29) is 12.1 Å². The van der Waals surface area contributed by atoms with Gasteiger partial charge in [-0.15, -0.1) is 0 Å². The van der Waals surface area contributed by atoms with Crippen LogP contribution in [0.1, 0.15) is 47.0 Å². The summed E-state index contributed by atoms with van der Waals surface area (Å²) >= 11 is 0. The molecule has 0 spiro atoms. The van der Waals surface area contributed by atoms with Crippen molar-refractivity contribution in [3.05, 3.63) is 0 Å². The van der Waals surface area contributed by atoms with Gasteiger partial charge in [0.25, 0.3) is 0 Å². The second kappa shape index (κ2) is 5.71. The molecule has 4 heteroatoms. The van der Waals surface area contributed by atoms with Crippen LogP contribution in [0.3, 0.4) is 0 Å². The first-order chi connectivity index (χ1) is 7.89. The molecule has 0 aromatic carbocycles. The third-order valence-electron chi connectivity index (χ3n) is 3.27. The molecule has 4 nitrogen and oxygen atoms in total. The monoisotopic (exact) mass is 242 g/mol. The zero-order chi connectivity index (χ0) is 13.1. The predicted molar refractivity (Wildman–Crippen MR) is 68.8 cm³/mol. The number of likely N-dealkylation sites (tertiary alicyclic amines) is 1. The molecule has 0 aliphatic carbocycles. The van der Waals surface area contributed by atoms with E-state index in [0.29, 0.717) is 12.5 Å². The molecule has 100 valence electrons. The van der Waals surface area contributed by atoms with Crippen LogP contribution in [-0.2, 0) is 4.74 Å². The smallest absolute Gasteiger partial charge is 0.410 e. The highest BCUT2D eigenvalue weighted by atomic mass is 16.6. The third kappa shape index (κ3) is 3.87. The molecule has 2 atom stereocenters. The Labute approximate surface area is 104 Å². The van der Waals surface area contributed by atoms with E-state index < -0.39 is 5.60 Å². The second-order valence-corrected chi connectivity index (χ2v) is 5.79. The van der Waals surface area contributed by atoms with Crippen molar-refractivity contribution in [2.45, 2.75) is 58.6 Å². The van der Waals surface area contributed by atoms with E-state index >= 15 is 0 Å². The van der Waals surface area contributed by atoms with Crippen LogP contribution >= 0.6 is 0 Å². The first-order valence-corrected chi connectivity index (χ1v) is 6.58. The van der Waals surface area contributed by atoms with E-state index in [1.165, 1.54) is 0 Å². The van der Waals surface area contributed by atoms with Gasteiger partial charge in [-0.25, -0.2) is 4.79 Å². The summed E-state index contributed by atoms with van der Waals surface area (Å²) in [7, 11) is 0. The molecule has 0 aromatic rings. The molecule has 0 unspecified atom stereocenters. The minimum absolute atomic E-state index is 0.192. The van der Waals surface area contributed by atoms with Crippen LogP contribution in [0.5, 0.6) is 0 Å². The second-order valence-electron chi connectivity index (χ2n) is 5.79. The lowest BCUT2D eigenvalue weighted by Gasteiger charge is -2.41. The number of nitrogens with two attached hydrogens (primary N) is 1. The van der Waals surface area contributed by atoms with Gasteiger partial charge in [-0.1, -0.05) is 6.92 Å². The number of hydrogen-bond acceptors (Lipinski definition) is 3. The number of carbonyl (C=O) groups excluding carboxylic acids is 1. The minimum atomic E-state index is -0.426. The largest absolute Gasteiger partial charge is 0.444 e. The van der Waals surface area contributed by atoms with Crippen molar-refractivity contribution in [3.63, 3.8) is 0 Å². The zero-order valence-corrected chi connectivity index (χ0v) is 11.5. The summed E-state index contributed by atoms with van der Waals surface area (Å²) in [5.74, 6) is 0.418. The highest BCUT2D eigenvalue weighted by Gasteiger charge is 2.34. The molecule has 17 heavy (non-hydrogen) atoms. The summed E-state index contributed by atoms with van der Waals surface area (Å²) in [6.45, 7) is 9.25. The van der Waals surface area contributed by atoms with Crippen LogP contribution in [0.25, 0.3) is 0 Å². The Morgan fingerprint density at radius 3 is 2.59 bits per heavy atom. The first-order valence-electron chi connectivity index (χ1n) is 6.58. The maximum Gasteiger partial charge on any atom is 0.410 e. The van der Waals surface area contributed by atoms with Crippen molar-refractivity contribution >= 4 is 6.09 Å². The van der Waals surface area contributed by atoms with E-state index in [9.17, 15) is 4.79 Å². The number of rotatable bonds is 2. The fraction of sp³-hybridized carbons (Fsp3) is 0.923. The number of piperidine rings is 1. The fourth-order valence-corrected chi connectivity index (χ4v) is 2.51. The molecule has 1 fully saturated rings. The zero-order valence-electron chi connectivity index (χ0n) is 11.5.